The van der Waals surface area contributed by atoms with E-state index in [4.69, 9.17) is 5.73 Å². The zero-order valence-corrected chi connectivity index (χ0v) is 23.5. The smallest absolute Gasteiger partial charge is 0.250 e. The highest BCUT2D eigenvalue weighted by atomic mass is 32.1. The molecule has 0 spiro atoms. The summed E-state index contributed by atoms with van der Waals surface area (Å²) in [6, 6.07) is 16.0. The van der Waals surface area contributed by atoms with Gasteiger partial charge in [-0.3, -0.25) is 14.4 Å². The van der Waals surface area contributed by atoms with E-state index in [-0.39, 0.29) is 5.91 Å². The first-order valence-corrected chi connectivity index (χ1v) is 14.3. The molecule has 0 radical (unpaired) electrons. The normalized spacial score (nSPS) is 15.1. The summed E-state index contributed by atoms with van der Waals surface area (Å²) in [7, 11) is 0. The van der Waals surface area contributed by atoms with Gasteiger partial charge in [-0.15, -0.1) is 11.3 Å². The number of hydrogen-bond acceptors (Lipinski definition) is 6. The van der Waals surface area contributed by atoms with Crippen LogP contribution in [-0.4, -0.2) is 56.8 Å². The zero-order chi connectivity index (χ0) is 28.3. The first-order valence-electron chi connectivity index (χ1n) is 13.4. The van der Waals surface area contributed by atoms with Crippen molar-refractivity contribution in [3.63, 3.8) is 0 Å². The Kier molecular flexibility index (Phi) is 7.99. The summed E-state index contributed by atoms with van der Waals surface area (Å²) in [6.07, 6.45) is 5.49. The number of fused-ring (bicyclic) bond motifs is 1. The number of amides is 3. The highest BCUT2D eigenvalue weighted by molar-refractivity contribution is 7.17. The number of thiophene rings is 1. The predicted molar refractivity (Wildman–Crippen MR) is 157 cm³/mol. The summed E-state index contributed by atoms with van der Waals surface area (Å²) < 4.78 is 2.84. The molecule has 4 aromatic rings. The van der Waals surface area contributed by atoms with Gasteiger partial charge in [0.25, 0.3) is 0 Å². The molecular weight excluding hydrogens is 524 g/mol. The molecule has 0 saturated carbocycles. The van der Waals surface area contributed by atoms with Crippen molar-refractivity contribution >= 4 is 45.0 Å². The number of benzene rings is 2. The Morgan fingerprint density at radius 1 is 1.05 bits per heavy atom. The maximum absolute atomic E-state index is 13.5. The third-order valence-electron chi connectivity index (χ3n) is 7.11. The molecule has 2 atom stereocenters. The van der Waals surface area contributed by atoms with Crippen LogP contribution in [-0.2, 0) is 20.8 Å². The molecule has 0 bridgehead atoms. The van der Waals surface area contributed by atoms with E-state index in [1.807, 2.05) is 64.9 Å². The molecule has 3 heterocycles. The number of nitrogens with two attached hydrogens (primary N) is 1. The second-order valence-corrected chi connectivity index (χ2v) is 11.7. The standard InChI is InChI=1S/C30H34N6O3S/c1-30(2,31)29(39)33-23(16-21-18-40-24-13-7-6-12-22(21)24)27(37)34-25-17-36(19-32-25)26(20-10-4-3-5-11-20)28(38)35-14-8-9-15-35/h3-7,10-13,17-19,23,26H,8-9,14-16,31H2,1-2H3,(H,33,39)(H,34,37). The number of hydrogen-bond donors (Lipinski definition) is 3. The number of nitrogens with one attached hydrogen (secondary N) is 2. The first-order chi connectivity index (χ1) is 19.2. The van der Waals surface area contributed by atoms with Gasteiger partial charge in [0.15, 0.2) is 5.82 Å². The summed E-state index contributed by atoms with van der Waals surface area (Å²) in [5.74, 6) is -0.557. The molecular formula is C30H34N6O3S. The van der Waals surface area contributed by atoms with Crippen LogP contribution in [0.3, 0.4) is 0 Å². The fourth-order valence-electron chi connectivity index (χ4n) is 4.91. The maximum Gasteiger partial charge on any atom is 0.250 e. The van der Waals surface area contributed by atoms with Gasteiger partial charge in [0.2, 0.25) is 17.7 Å². The van der Waals surface area contributed by atoms with E-state index in [2.05, 4.69) is 15.6 Å². The number of carbonyl (C=O) groups is 3. The molecule has 3 amide bonds. The number of rotatable bonds is 9. The topological polar surface area (TPSA) is 122 Å². The van der Waals surface area contributed by atoms with Gasteiger partial charge in [-0.25, -0.2) is 4.98 Å². The van der Waals surface area contributed by atoms with E-state index < -0.39 is 29.4 Å². The van der Waals surface area contributed by atoms with Crippen LogP contribution in [0.1, 0.15) is 43.9 Å². The van der Waals surface area contributed by atoms with E-state index in [0.717, 1.165) is 47.1 Å². The van der Waals surface area contributed by atoms with Gasteiger partial charge in [-0.05, 0) is 54.6 Å². The minimum Gasteiger partial charge on any atom is -0.342 e. The van der Waals surface area contributed by atoms with Gasteiger partial charge in [0.05, 0.1) is 11.9 Å². The number of nitrogens with zero attached hydrogens (tertiary/aromatic N) is 3. The number of anilines is 1. The van der Waals surface area contributed by atoms with Gasteiger partial charge in [-0.1, -0.05) is 48.5 Å². The minimum absolute atomic E-state index is 0.00127. The van der Waals surface area contributed by atoms with Crippen molar-refractivity contribution in [2.24, 2.45) is 5.73 Å². The van der Waals surface area contributed by atoms with Crippen molar-refractivity contribution in [3.8, 4) is 0 Å². The lowest BCUT2D eigenvalue weighted by Crippen LogP contribution is -2.55. The van der Waals surface area contributed by atoms with Gasteiger partial charge < -0.3 is 25.8 Å². The lowest BCUT2D eigenvalue weighted by molar-refractivity contribution is -0.132. The monoisotopic (exact) mass is 558 g/mol. The molecule has 2 aromatic carbocycles. The summed E-state index contributed by atoms with van der Waals surface area (Å²) in [5, 5.41) is 8.72. The van der Waals surface area contributed by atoms with Crippen LogP contribution in [0.4, 0.5) is 5.82 Å². The highest BCUT2D eigenvalue weighted by Crippen LogP contribution is 2.27. The van der Waals surface area contributed by atoms with Crippen LogP contribution in [0.2, 0.25) is 0 Å². The van der Waals surface area contributed by atoms with Crippen molar-refractivity contribution in [2.75, 3.05) is 18.4 Å². The predicted octanol–water partition coefficient (Wildman–Crippen LogP) is 3.71. The van der Waals surface area contributed by atoms with Crippen LogP contribution < -0.4 is 16.4 Å². The Labute approximate surface area is 237 Å². The van der Waals surface area contributed by atoms with E-state index >= 15 is 0 Å². The molecule has 9 nitrogen and oxygen atoms in total. The number of likely N-dealkylation sites (tertiary alicyclic amines) is 1. The molecule has 208 valence electrons. The molecule has 10 heteroatoms. The van der Waals surface area contributed by atoms with Crippen LogP contribution in [0.15, 0.2) is 72.5 Å². The number of carbonyl (C=O) groups excluding carboxylic acids is 3. The quantitative estimate of drug-likeness (QED) is 0.289. The van der Waals surface area contributed by atoms with Crippen LogP contribution >= 0.6 is 11.3 Å². The van der Waals surface area contributed by atoms with E-state index in [9.17, 15) is 14.4 Å². The molecule has 1 aliphatic heterocycles. The molecule has 1 fully saturated rings. The molecule has 1 aliphatic rings. The first kappa shape index (κ1) is 27.5. The summed E-state index contributed by atoms with van der Waals surface area (Å²) in [4.78, 5) is 46.1. The van der Waals surface area contributed by atoms with Gasteiger partial charge in [-0.2, -0.15) is 0 Å². The Hall–Kier alpha value is -4.02. The van der Waals surface area contributed by atoms with E-state index in [0.29, 0.717) is 12.2 Å². The minimum atomic E-state index is -1.16. The summed E-state index contributed by atoms with van der Waals surface area (Å²) in [5.41, 5.74) is 6.67. The third kappa shape index (κ3) is 6.08. The molecule has 5 rings (SSSR count). The van der Waals surface area contributed by atoms with E-state index in [1.54, 1.807) is 42.3 Å². The molecule has 4 N–H and O–H groups in total. The van der Waals surface area contributed by atoms with Crippen LogP contribution in [0, 0.1) is 0 Å². The zero-order valence-electron chi connectivity index (χ0n) is 22.7. The third-order valence-corrected chi connectivity index (χ3v) is 8.12. The number of imidazole rings is 1. The van der Waals surface area contributed by atoms with Crippen molar-refractivity contribution in [1.82, 2.24) is 19.8 Å². The largest absolute Gasteiger partial charge is 0.342 e. The lowest BCUT2D eigenvalue weighted by Gasteiger charge is -2.24. The van der Waals surface area contributed by atoms with Crippen LogP contribution in [0.5, 0.6) is 0 Å². The Morgan fingerprint density at radius 2 is 1.75 bits per heavy atom. The Balaban J connectivity index is 1.39. The van der Waals surface area contributed by atoms with Crippen molar-refractivity contribution in [3.05, 3.63) is 83.6 Å². The van der Waals surface area contributed by atoms with Crippen molar-refractivity contribution in [2.45, 2.75) is 50.7 Å². The highest BCUT2D eigenvalue weighted by Gasteiger charge is 2.31. The van der Waals surface area contributed by atoms with Crippen molar-refractivity contribution < 1.29 is 14.4 Å². The number of aromatic nitrogens is 2. The fourth-order valence-corrected chi connectivity index (χ4v) is 5.88. The van der Waals surface area contributed by atoms with E-state index in [1.165, 1.54) is 0 Å². The molecule has 40 heavy (non-hydrogen) atoms. The Morgan fingerprint density at radius 3 is 2.48 bits per heavy atom. The van der Waals surface area contributed by atoms with Gasteiger partial charge in [0.1, 0.15) is 12.1 Å². The summed E-state index contributed by atoms with van der Waals surface area (Å²) >= 11 is 1.59. The second-order valence-electron chi connectivity index (χ2n) is 10.7. The van der Waals surface area contributed by atoms with Crippen molar-refractivity contribution in [1.29, 1.82) is 0 Å². The second kappa shape index (κ2) is 11.6. The van der Waals surface area contributed by atoms with Gasteiger partial charge in [0, 0.05) is 30.4 Å². The lowest BCUT2D eigenvalue weighted by atomic mass is 10.0. The average molecular weight is 559 g/mol. The van der Waals surface area contributed by atoms with Gasteiger partial charge >= 0.3 is 0 Å². The Bertz CT molecular complexity index is 1500. The van der Waals surface area contributed by atoms with Crippen LogP contribution in [0.25, 0.3) is 10.1 Å². The molecule has 0 aliphatic carbocycles. The molecule has 2 unspecified atom stereocenters. The summed E-state index contributed by atoms with van der Waals surface area (Å²) in [6.45, 7) is 4.66. The average Bonchev–Trinajstić information content (AvgIpc) is 3.71. The molecule has 1 saturated heterocycles. The maximum atomic E-state index is 13.5. The fraction of sp³-hybridized carbons (Fsp3) is 0.333. The SMILES string of the molecule is CC(C)(N)C(=O)NC(Cc1csc2ccccc12)C(=O)Nc1cn(C(C(=O)N2CCCC2)c2ccccc2)cn1. The molecule has 2 aromatic heterocycles.